The van der Waals surface area contributed by atoms with Gasteiger partial charge in [-0.15, -0.1) is 0 Å². The van der Waals surface area contributed by atoms with Crippen molar-refractivity contribution in [3.8, 4) is 0 Å². The average Bonchev–Trinajstić information content (AvgIpc) is 2.30. The summed E-state index contributed by atoms with van der Waals surface area (Å²) < 4.78 is 0. The highest BCUT2D eigenvalue weighted by atomic mass is 16.2. The molecule has 1 aliphatic heterocycles. The van der Waals surface area contributed by atoms with Crippen LogP contribution in [-0.4, -0.2) is 36.5 Å². The van der Waals surface area contributed by atoms with E-state index in [2.05, 4.69) is 16.3 Å². The third-order valence-electron chi connectivity index (χ3n) is 3.50. The molecule has 1 aromatic rings. The third kappa shape index (κ3) is 4.33. The summed E-state index contributed by atoms with van der Waals surface area (Å²) >= 11 is 0. The zero-order chi connectivity index (χ0) is 13.8. The van der Waals surface area contributed by atoms with Gasteiger partial charge in [0.15, 0.2) is 0 Å². The van der Waals surface area contributed by atoms with Gasteiger partial charge in [-0.2, -0.15) is 0 Å². The molecule has 0 aliphatic carbocycles. The van der Waals surface area contributed by atoms with Crippen molar-refractivity contribution in [2.75, 3.05) is 25.0 Å². The summed E-state index contributed by atoms with van der Waals surface area (Å²) in [5, 5.41) is 2.97. The number of nitrogens with one attached hydrogen (secondary N) is 1. The summed E-state index contributed by atoms with van der Waals surface area (Å²) in [5.74, 6) is 0.0560. The Kier molecular flexibility index (Phi) is 4.56. The molecule has 0 spiro atoms. The predicted octanol–water partition coefficient (Wildman–Crippen LogP) is 1.67. The van der Waals surface area contributed by atoms with Crippen LogP contribution in [0.15, 0.2) is 18.2 Å². The molecule has 0 radical (unpaired) electrons. The summed E-state index contributed by atoms with van der Waals surface area (Å²) in [6.45, 7) is 6.37. The molecule has 104 valence electrons. The molecule has 4 heteroatoms. The summed E-state index contributed by atoms with van der Waals surface area (Å²) in [6.07, 6.45) is 1.97. The van der Waals surface area contributed by atoms with E-state index >= 15 is 0 Å². The van der Waals surface area contributed by atoms with E-state index in [-0.39, 0.29) is 5.91 Å². The topological polar surface area (TPSA) is 58.4 Å². The summed E-state index contributed by atoms with van der Waals surface area (Å²) in [7, 11) is 0. The van der Waals surface area contributed by atoms with E-state index in [9.17, 15) is 4.79 Å². The van der Waals surface area contributed by atoms with E-state index in [0.717, 1.165) is 31.6 Å². The van der Waals surface area contributed by atoms with E-state index in [1.54, 1.807) is 0 Å². The number of nitrogens with two attached hydrogens (primary N) is 1. The second-order valence-corrected chi connectivity index (χ2v) is 5.54. The van der Waals surface area contributed by atoms with Gasteiger partial charge in [-0.05, 0) is 49.9 Å². The lowest BCUT2D eigenvalue weighted by Crippen LogP contribution is -2.43. The minimum atomic E-state index is 0.0560. The number of rotatable bonds is 3. The zero-order valence-corrected chi connectivity index (χ0v) is 11.8. The van der Waals surface area contributed by atoms with Crippen molar-refractivity contribution in [2.24, 2.45) is 5.73 Å². The van der Waals surface area contributed by atoms with Crippen LogP contribution in [0.3, 0.4) is 0 Å². The highest BCUT2D eigenvalue weighted by Crippen LogP contribution is 2.14. The molecule has 2 rings (SSSR count). The van der Waals surface area contributed by atoms with Gasteiger partial charge >= 0.3 is 0 Å². The van der Waals surface area contributed by atoms with Crippen LogP contribution in [0.4, 0.5) is 5.69 Å². The Balaban J connectivity index is 1.87. The Morgan fingerprint density at radius 2 is 1.84 bits per heavy atom. The van der Waals surface area contributed by atoms with Crippen molar-refractivity contribution < 1.29 is 4.79 Å². The number of hydrogen-bond donors (Lipinski definition) is 2. The molecule has 4 nitrogen and oxygen atoms in total. The van der Waals surface area contributed by atoms with Gasteiger partial charge in [0, 0.05) is 24.8 Å². The van der Waals surface area contributed by atoms with Crippen LogP contribution >= 0.6 is 0 Å². The number of likely N-dealkylation sites (tertiary alicyclic amines) is 1. The van der Waals surface area contributed by atoms with Crippen LogP contribution in [0.2, 0.25) is 0 Å². The molecule has 0 bridgehead atoms. The quantitative estimate of drug-likeness (QED) is 0.870. The lowest BCUT2D eigenvalue weighted by atomic mass is 10.1. The van der Waals surface area contributed by atoms with Gasteiger partial charge in [-0.3, -0.25) is 9.69 Å². The average molecular weight is 261 g/mol. The van der Waals surface area contributed by atoms with Crippen molar-refractivity contribution in [1.29, 1.82) is 0 Å². The number of carbonyl (C=O) groups is 1. The molecule has 1 heterocycles. The molecule has 1 aromatic carbocycles. The molecule has 0 unspecified atom stereocenters. The first kappa shape index (κ1) is 14.0. The van der Waals surface area contributed by atoms with Crippen LogP contribution in [0.1, 0.15) is 24.0 Å². The van der Waals surface area contributed by atoms with Crippen molar-refractivity contribution in [3.05, 3.63) is 29.3 Å². The van der Waals surface area contributed by atoms with E-state index in [4.69, 9.17) is 5.73 Å². The Hall–Kier alpha value is -1.39. The zero-order valence-electron chi connectivity index (χ0n) is 11.8. The minimum absolute atomic E-state index is 0.0560. The number of aryl methyl sites for hydroxylation is 2. The maximum absolute atomic E-state index is 12.0. The van der Waals surface area contributed by atoms with Gasteiger partial charge in [-0.25, -0.2) is 0 Å². The number of piperidine rings is 1. The molecule has 0 atom stereocenters. The molecule has 1 fully saturated rings. The second-order valence-electron chi connectivity index (χ2n) is 5.54. The van der Waals surface area contributed by atoms with Gasteiger partial charge in [0.2, 0.25) is 5.91 Å². The SMILES string of the molecule is Cc1cc(C)cc(NC(=O)CN2CCC(N)CC2)c1. The van der Waals surface area contributed by atoms with Crippen molar-refractivity contribution in [2.45, 2.75) is 32.7 Å². The van der Waals surface area contributed by atoms with Crippen LogP contribution in [0.5, 0.6) is 0 Å². The van der Waals surface area contributed by atoms with Crippen LogP contribution < -0.4 is 11.1 Å². The standard InChI is InChI=1S/C15H23N3O/c1-11-7-12(2)9-14(8-11)17-15(19)10-18-5-3-13(16)4-6-18/h7-9,13H,3-6,10,16H2,1-2H3,(H,17,19). The molecular formula is C15H23N3O. The lowest BCUT2D eigenvalue weighted by Gasteiger charge is -2.29. The Bertz CT molecular complexity index is 430. The van der Waals surface area contributed by atoms with E-state index in [1.165, 1.54) is 11.1 Å². The summed E-state index contributed by atoms with van der Waals surface area (Å²) in [4.78, 5) is 14.2. The lowest BCUT2D eigenvalue weighted by molar-refractivity contribution is -0.117. The minimum Gasteiger partial charge on any atom is -0.328 e. The summed E-state index contributed by atoms with van der Waals surface area (Å²) in [5.41, 5.74) is 9.07. The molecule has 3 N–H and O–H groups in total. The number of benzene rings is 1. The van der Waals surface area contributed by atoms with E-state index in [0.29, 0.717) is 12.6 Å². The van der Waals surface area contributed by atoms with Gasteiger partial charge in [0.05, 0.1) is 6.54 Å². The highest BCUT2D eigenvalue weighted by molar-refractivity contribution is 5.92. The monoisotopic (exact) mass is 261 g/mol. The number of amides is 1. The molecule has 19 heavy (non-hydrogen) atoms. The number of anilines is 1. The Morgan fingerprint density at radius 3 is 2.42 bits per heavy atom. The van der Waals surface area contributed by atoms with Crippen molar-refractivity contribution in [1.82, 2.24) is 4.90 Å². The largest absolute Gasteiger partial charge is 0.328 e. The fourth-order valence-corrected chi connectivity index (χ4v) is 2.56. The van der Waals surface area contributed by atoms with Gasteiger partial charge in [-0.1, -0.05) is 6.07 Å². The molecule has 1 amide bonds. The first-order chi connectivity index (χ1) is 9.02. The summed E-state index contributed by atoms with van der Waals surface area (Å²) in [6, 6.07) is 6.40. The third-order valence-corrected chi connectivity index (χ3v) is 3.50. The molecule has 0 aromatic heterocycles. The maximum atomic E-state index is 12.0. The van der Waals surface area contributed by atoms with E-state index in [1.807, 2.05) is 26.0 Å². The number of carbonyl (C=O) groups excluding carboxylic acids is 1. The van der Waals surface area contributed by atoms with Gasteiger partial charge in [0.1, 0.15) is 0 Å². The fraction of sp³-hybridized carbons (Fsp3) is 0.533. The smallest absolute Gasteiger partial charge is 0.238 e. The highest BCUT2D eigenvalue weighted by Gasteiger charge is 2.18. The van der Waals surface area contributed by atoms with Gasteiger partial charge < -0.3 is 11.1 Å². The Morgan fingerprint density at radius 1 is 1.26 bits per heavy atom. The van der Waals surface area contributed by atoms with E-state index < -0.39 is 0 Å². The van der Waals surface area contributed by atoms with Crippen molar-refractivity contribution in [3.63, 3.8) is 0 Å². The molecular weight excluding hydrogens is 238 g/mol. The maximum Gasteiger partial charge on any atom is 0.238 e. The first-order valence-electron chi connectivity index (χ1n) is 6.89. The van der Waals surface area contributed by atoms with Crippen LogP contribution in [-0.2, 0) is 4.79 Å². The van der Waals surface area contributed by atoms with Crippen molar-refractivity contribution >= 4 is 11.6 Å². The molecule has 1 saturated heterocycles. The number of hydrogen-bond acceptors (Lipinski definition) is 3. The fourth-order valence-electron chi connectivity index (χ4n) is 2.56. The normalized spacial score (nSPS) is 17.4. The second kappa shape index (κ2) is 6.17. The molecule has 0 saturated carbocycles. The first-order valence-corrected chi connectivity index (χ1v) is 6.89. The van der Waals surface area contributed by atoms with Crippen LogP contribution in [0, 0.1) is 13.8 Å². The Labute approximate surface area is 115 Å². The number of nitrogens with zero attached hydrogens (tertiary/aromatic N) is 1. The predicted molar refractivity (Wildman–Crippen MR) is 78.2 cm³/mol. The van der Waals surface area contributed by atoms with Crippen LogP contribution in [0.25, 0.3) is 0 Å². The molecule has 1 aliphatic rings. The van der Waals surface area contributed by atoms with Gasteiger partial charge in [0.25, 0.3) is 0 Å².